The molecule has 1 aliphatic heterocycles. The first kappa shape index (κ1) is 13.7. The van der Waals surface area contributed by atoms with Gasteiger partial charge in [0.05, 0.1) is 11.2 Å². The van der Waals surface area contributed by atoms with Crippen LogP contribution in [-0.2, 0) is 4.79 Å². The molecule has 1 aliphatic rings. The van der Waals surface area contributed by atoms with Gasteiger partial charge in [0.15, 0.2) is 0 Å². The first-order valence-corrected chi connectivity index (χ1v) is 7.17. The molecular weight excluding hydrogens is 346 g/mol. The highest BCUT2D eigenvalue weighted by atomic mass is 127. The molecule has 2 rings (SSSR count). The lowest BCUT2D eigenvalue weighted by Crippen LogP contribution is -2.50. The second kappa shape index (κ2) is 5.52. The average molecular weight is 362 g/mol. The fraction of sp³-hybridized carbons (Fsp3) is 0.462. The molecule has 18 heavy (non-hydrogen) atoms. The fourth-order valence-corrected chi connectivity index (χ4v) is 2.91. The van der Waals surface area contributed by atoms with Crippen molar-refractivity contribution in [3.63, 3.8) is 0 Å². The maximum atomic E-state index is 13.0. The van der Waals surface area contributed by atoms with E-state index in [2.05, 4.69) is 10.6 Å². The summed E-state index contributed by atoms with van der Waals surface area (Å²) in [5.41, 5.74) is 0.209. The van der Waals surface area contributed by atoms with Gasteiger partial charge in [-0.05, 0) is 66.6 Å². The van der Waals surface area contributed by atoms with Gasteiger partial charge in [-0.2, -0.15) is 0 Å². The predicted molar refractivity (Wildman–Crippen MR) is 78.0 cm³/mol. The van der Waals surface area contributed by atoms with Crippen LogP contribution in [0.15, 0.2) is 18.2 Å². The Kier molecular flexibility index (Phi) is 4.21. The van der Waals surface area contributed by atoms with E-state index in [1.54, 1.807) is 6.07 Å². The third kappa shape index (κ3) is 2.66. The minimum absolute atomic E-state index is 0.0213. The molecule has 1 unspecified atom stereocenters. The molecular formula is C13H16FIN2O. The second-order valence-corrected chi connectivity index (χ2v) is 5.71. The average Bonchev–Trinajstić information content (AvgIpc) is 2.82. The van der Waals surface area contributed by atoms with Gasteiger partial charge in [-0.25, -0.2) is 4.39 Å². The SMILES string of the molecule is CCC1(C(=O)Nc2ccc(F)cc2I)CCCN1. The van der Waals surface area contributed by atoms with E-state index in [1.165, 1.54) is 12.1 Å². The highest BCUT2D eigenvalue weighted by Crippen LogP contribution is 2.26. The number of halogens is 2. The molecule has 2 N–H and O–H groups in total. The van der Waals surface area contributed by atoms with Gasteiger partial charge in [-0.3, -0.25) is 4.79 Å². The van der Waals surface area contributed by atoms with Crippen molar-refractivity contribution in [3.8, 4) is 0 Å². The topological polar surface area (TPSA) is 41.1 Å². The fourth-order valence-electron chi connectivity index (χ4n) is 2.30. The van der Waals surface area contributed by atoms with Gasteiger partial charge in [0.2, 0.25) is 5.91 Å². The molecule has 0 spiro atoms. The summed E-state index contributed by atoms with van der Waals surface area (Å²) in [6.45, 7) is 2.88. The van der Waals surface area contributed by atoms with Crippen LogP contribution >= 0.6 is 22.6 Å². The molecule has 0 bridgehead atoms. The molecule has 1 aromatic carbocycles. The first-order chi connectivity index (χ1) is 8.57. The van der Waals surface area contributed by atoms with E-state index in [9.17, 15) is 9.18 Å². The standard InChI is InChI=1S/C13H16FIN2O/c1-2-13(6-3-7-16-13)12(18)17-11-5-4-9(14)8-10(11)15/h4-5,8,16H,2-3,6-7H2,1H3,(H,17,18). The predicted octanol–water partition coefficient (Wildman–Crippen LogP) is 2.90. The number of amides is 1. The van der Waals surface area contributed by atoms with Crippen molar-refractivity contribution in [2.45, 2.75) is 31.7 Å². The minimum atomic E-state index is -0.461. The van der Waals surface area contributed by atoms with E-state index in [4.69, 9.17) is 0 Å². The number of hydrogen-bond donors (Lipinski definition) is 2. The summed E-state index contributed by atoms with van der Waals surface area (Å²) < 4.78 is 13.7. The summed E-state index contributed by atoms with van der Waals surface area (Å²) >= 11 is 2.02. The Labute approximate surface area is 120 Å². The van der Waals surface area contributed by atoms with Crippen molar-refractivity contribution in [1.29, 1.82) is 0 Å². The van der Waals surface area contributed by atoms with Crippen LogP contribution in [0.3, 0.4) is 0 Å². The van der Waals surface area contributed by atoms with Crippen LogP contribution in [0.1, 0.15) is 26.2 Å². The quantitative estimate of drug-likeness (QED) is 0.812. The zero-order chi connectivity index (χ0) is 13.2. The monoisotopic (exact) mass is 362 g/mol. The Morgan fingerprint density at radius 1 is 1.61 bits per heavy atom. The maximum Gasteiger partial charge on any atom is 0.244 e. The largest absolute Gasteiger partial charge is 0.324 e. The molecule has 3 nitrogen and oxygen atoms in total. The van der Waals surface area contributed by atoms with Gasteiger partial charge >= 0.3 is 0 Å². The van der Waals surface area contributed by atoms with Gasteiger partial charge in [-0.15, -0.1) is 0 Å². The van der Waals surface area contributed by atoms with Crippen LogP contribution in [0, 0.1) is 9.39 Å². The molecule has 0 radical (unpaired) electrons. The highest BCUT2D eigenvalue weighted by molar-refractivity contribution is 14.1. The number of anilines is 1. The Hall–Kier alpha value is -0.690. The Morgan fingerprint density at radius 3 is 2.94 bits per heavy atom. The normalized spacial score (nSPS) is 23.1. The third-order valence-corrected chi connectivity index (χ3v) is 4.35. The smallest absolute Gasteiger partial charge is 0.244 e. The van der Waals surface area contributed by atoms with Gasteiger partial charge in [-0.1, -0.05) is 6.92 Å². The molecule has 98 valence electrons. The number of carbonyl (C=O) groups is 1. The van der Waals surface area contributed by atoms with Crippen molar-refractivity contribution < 1.29 is 9.18 Å². The Balaban J connectivity index is 2.15. The molecule has 0 aromatic heterocycles. The lowest BCUT2D eigenvalue weighted by atomic mass is 9.93. The number of hydrogen-bond acceptors (Lipinski definition) is 2. The lowest BCUT2D eigenvalue weighted by molar-refractivity contribution is -0.122. The zero-order valence-corrected chi connectivity index (χ0v) is 12.4. The molecule has 1 heterocycles. The van der Waals surface area contributed by atoms with Gasteiger partial charge in [0.25, 0.3) is 0 Å². The van der Waals surface area contributed by atoms with E-state index in [1.807, 2.05) is 29.5 Å². The van der Waals surface area contributed by atoms with E-state index in [0.29, 0.717) is 9.26 Å². The lowest BCUT2D eigenvalue weighted by Gasteiger charge is -2.26. The van der Waals surface area contributed by atoms with Gasteiger partial charge < -0.3 is 10.6 Å². The van der Waals surface area contributed by atoms with Crippen LogP contribution in [0.5, 0.6) is 0 Å². The summed E-state index contributed by atoms with van der Waals surface area (Å²) in [7, 11) is 0. The van der Waals surface area contributed by atoms with Crippen LogP contribution in [-0.4, -0.2) is 18.0 Å². The molecule has 1 saturated heterocycles. The van der Waals surface area contributed by atoms with E-state index in [0.717, 1.165) is 25.8 Å². The van der Waals surface area contributed by atoms with Crippen molar-refractivity contribution in [3.05, 3.63) is 27.6 Å². The van der Waals surface area contributed by atoms with Crippen molar-refractivity contribution >= 4 is 34.2 Å². The summed E-state index contributed by atoms with van der Waals surface area (Å²) in [4.78, 5) is 12.3. The zero-order valence-electron chi connectivity index (χ0n) is 10.2. The Bertz CT molecular complexity index is 458. The molecule has 0 aliphatic carbocycles. The molecule has 1 aromatic rings. The first-order valence-electron chi connectivity index (χ1n) is 6.09. The van der Waals surface area contributed by atoms with Crippen LogP contribution in [0.4, 0.5) is 10.1 Å². The molecule has 0 saturated carbocycles. The molecule has 1 amide bonds. The molecule has 1 fully saturated rings. The van der Waals surface area contributed by atoms with Crippen LogP contribution in [0.2, 0.25) is 0 Å². The summed E-state index contributed by atoms with van der Waals surface area (Å²) in [6.07, 6.45) is 2.63. The molecule has 1 atom stereocenters. The van der Waals surface area contributed by atoms with Crippen LogP contribution in [0.25, 0.3) is 0 Å². The maximum absolute atomic E-state index is 13.0. The third-order valence-electron chi connectivity index (χ3n) is 3.46. The highest BCUT2D eigenvalue weighted by Gasteiger charge is 2.39. The van der Waals surface area contributed by atoms with Gasteiger partial charge in [0, 0.05) is 3.57 Å². The number of carbonyl (C=O) groups excluding carboxylic acids is 1. The van der Waals surface area contributed by atoms with E-state index in [-0.39, 0.29) is 11.7 Å². The summed E-state index contributed by atoms with van der Waals surface area (Å²) in [5.74, 6) is -0.311. The number of benzene rings is 1. The summed E-state index contributed by atoms with van der Waals surface area (Å²) in [6, 6.07) is 4.38. The van der Waals surface area contributed by atoms with E-state index < -0.39 is 5.54 Å². The van der Waals surface area contributed by atoms with E-state index >= 15 is 0 Å². The second-order valence-electron chi connectivity index (χ2n) is 4.54. The van der Waals surface area contributed by atoms with Crippen molar-refractivity contribution in [2.24, 2.45) is 0 Å². The molecule has 5 heteroatoms. The van der Waals surface area contributed by atoms with Crippen LogP contribution < -0.4 is 10.6 Å². The minimum Gasteiger partial charge on any atom is -0.324 e. The summed E-state index contributed by atoms with van der Waals surface area (Å²) in [5, 5.41) is 6.18. The van der Waals surface area contributed by atoms with Crippen molar-refractivity contribution in [1.82, 2.24) is 5.32 Å². The Morgan fingerprint density at radius 2 is 2.39 bits per heavy atom. The number of rotatable bonds is 3. The van der Waals surface area contributed by atoms with Gasteiger partial charge in [0.1, 0.15) is 5.82 Å². The van der Waals surface area contributed by atoms with Crippen molar-refractivity contribution in [2.75, 3.05) is 11.9 Å². The number of nitrogens with one attached hydrogen (secondary N) is 2.